The lowest BCUT2D eigenvalue weighted by Crippen LogP contribution is -2.52. The molecule has 0 aliphatic carbocycles. The Morgan fingerprint density at radius 1 is 0.875 bits per heavy atom. The maximum absolute atomic E-state index is 13.8. The van der Waals surface area contributed by atoms with Crippen LogP contribution in [0.5, 0.6) is 5.88 Å². The fourth-order valence-corrected chi connectivity index (χ4v) is 6.04. The van der Waals surface area contributed by atoms with Gasteiger partial charge >= 0.3 is 6.18 Å². The van der Waals surface area contributed by atoms with E-state index in [1.165, 1.54) is 7.05 Å². The first-order valence-electron chi connectivity index (χ1n) is 12.6. The number of nitrogens with one attached hydrogen (secondary N) is 1. The minimum Gasteiger partial charge on any atom is -0.476 e. The van der Waals surface area contributed by atoms with Gasteiger partial charge in [0.15, 0.2) is 15.5 Å². The maximum atomic E-state index is 13.8. The monoisotopic (exact) mass is 567 g/mol. The van der Waals surface area contributed by atoms with E-state index in [4.69, 9.17) is 4.74 Å². The summed E-state index contributed by atoms with van der Waals surface area (Å²) in [5, 5.41) is 7.31. The highest BCUT2D eigenvalue weighted by molar-refractivity contribution is 7.94. The predicted octanol–water partition coefficient (Wildman–Crippen LogP) is 5.56. The Balaban J connectivity index is 1.68. The van der Waals surface area contributed by atoms with Crippen molar-refractivity contribution < 1.29 is 26.3 Å². The topological polar surface area (TPSA) is 73.2 Å². The number of hydrogen-bond donors (Lipinski definition) is 1. The minimum atomic E-state index is -4.78. The molecule has 6 nitrogen and oxygen atoms in total. The normalized spacial score (nSPS) is 17.6. The van der Waals surface area contributed by atoms with Gasteiger partial charge in [0.25, 0.3) is 0 Å². The summed E-state index contributed by atoms with van der Waals surface area (Å²) in [6.07, 6.45) is -2.84. The Morgan fingerprint density at radius 3 is 1.77 bits per heavy atom. The molecule has 0 amide bonds. The van der Waals surface area contributed by atoms with E-state index in [1.807, 2.05) is 91.0 Å². The van der Waals surface area contributed by atoms with Crippen LogP contribution in [-0.2, 0) is 28.6 Å². The van der Waals surface area contributed by atoms with E-state index in [-0.39, 0.29) is 23.8 Å². The first-order chi connectivity index (χ1) is 19.0. The number of sulfone groups is 1. The molecular weight excluding hydrogens is 539 g/mol. The molecule has 1 N–H and O–H groups in total. The standard InChI is InChI=1S/C30H28F3N3O3S/c1-36-28-26(27(35-36)30(31,32)33)19-25(40(2,37)38)18-24(20-39-28)34-29(21-12-6-3-7-13-21,22-14-8-4-9-15-22)23-16-10-5-11-17-23/h3-17,19,24,34H,18,20H2,1-2H3/b25-19+. The molecule has 0 saturated carbocycles. The third-order valence-corrected chi connectivity index (χ3v) is 8.23. The molecule has 1 aromatic heterocycles. The van der Waals surface area contributed by atoms with E-state index in [2.05, 4.69) is 10.4 Å². The number of alkyl halides is 3. The number of rotatable bonds is 6. The zero-order valence-electron chi connectivity index (χ0n) is 21.9. The molecule has 1 unspecified atom stereocenters. The van der Waals surface area contributed by atoms with Gasteiger partial charge in [-0.3, -0.25) is 5.32 Å². The Labute approximate surface area is 231 Å². The Morgan fingerprint density at radius 2 is 1.35 bits per heavy atom. The van der Waals surface area contributed by atoms with Crippen LogP contribution in [0.15, 0.2) is 95.9 Å². The van der Waals surface area contributed by atoms with Crippen molar-refractivity contribution in [2.24, 2.45) is 7.05 Å². The van der Waals surface area contributed by atoms with Crippen LogP contribution in [0, 0.1) is 0 Å². The van der Waals surface area contributed by atoms with Gasteiger partial charge < -0.3 is 4.74 Å². The van der Waals surface area contributed by atoms with Gasteiger partial charge in [-0.05, 0) is 22.8 Å². The van der Waals surface area contributed by atoms with Crippen molar-refractivity contribution in [3.05, 3.63) is 124 Å². The Hall–Kier alpha value is -3.89. The van der Waals surface area contributed by atoms with Gasteiger partial charge in [-0.15, -0.1) is 0 Å². The average molecular weight is 568 g/mol. The first kappa shape index (κ1) is 27.7. The smallest absolute Gasteiger partial charge is 0.435 e. The van der Waals surface area contributed by atoms with Crippen LogP contribution in [0.3, 0.4) is 0 Å². The fraction of sp³-hybridized carbons (Fsp3) is 0.233. The second-order valence-corrected chi connectivity index (χ2v) is 11.8. The van der Waals surface area contributed by atoms with Crippen LogP contribution in [-0.4, -0.2) is 37.1 Å². The summed E-state index contributed by atoms with van der Waals surface area (Å²) in [5.41, 5.74) is 0.185. The molecule has 208 valence electrons. The molecule has 0 spiro atoms. The van der Waals surface area contributed by atoms with Gasteiger partial charge in [0.05, 0.1) is 11.1 Å². The van der Waals surface area contributed by atoms with Crippen LogP contribution in [0.1, 0.15) is 34.4 Å². The fourth-order valence-electron chi connectivity index (χ4n) is 5.21. The average Bonchev–Trinajstić information content (AvgIpc) is 3.23. The second kappa shape index (κ2) is 10.6. The number of hydrogen-bond acceptors (Lipinski definition) is 5. The third-order valence-electron chi connectivity index (χ3n) is 6.99. The molecule has 0 radical (unpaired) electrons. The number of fused-ring (bicyclic) bond motifs is 1. The second-order valence-electron chi connectivity index (χ2n) is 9.78. The van der Waals surface area contributed by atoms with E-state index < -0.39 is 38.9 Å². The lowest BCUT2D eigenvalue weighted by Gasteiger charge is -2.40. The van der Waals surface area contributed by atoms with E-state index >= 15 is 0 Å². The third kappa shape index (κ3) is 5.29. The van der Waals surface area contributed by atoms with Crippen molar-refractivity contribution >= 4 is 15.9 Å². The van der Waals surface area contributed by atoms with Crippen LogP contribution >= 0.6 is 0 Å². The molecule has 0 bridgehead atoms. The van der Waals surface area contributed by atoms with E-state index in [9.17, 15) is 21.6 Å². The van der Waals surface area contributed by atoms with Gasteiger partial charge in [0.1, 0.15) is 6.61 Å². The number of aryl methyl sites for hydroxylation is 1. The molecule has 0 fully saturated rings. The van der Waals surface area contributed by atoms with Crippen molar-refractivity contribution in [3.8, 4) is 5.88 Å². The number of halogens is 3. The molecule has 1 aliphatic rings. The van der Waals surface area contributed by atoms with E-state index in [1.54, 1.807) is 0 Å². The predicted molar refractivity (Wildman–Crippen MR) is 147 cm³/mol. The highest BCUT2D eigenvalue weighted by atomic mass is 32.2. The molecule has 2 heterocycles. The quantitative estimate of drug-likeness (QED) is 0.309. The van der Waals surface area contributed by atoms with Crippen molar-refractivity contribution in [2.75, 3.05) is 12.9 Å². The summed E-state index contributed by atoms with van der Waals surface area (Å²) < 4.78 is 74.1. The highest BCUT2D eigenvalue weighted by Crippen LogP contribution is 2.41. The molecule has 0 saturated heterocycles. The highest BCUT2D eigenvalue weighted by Gasteiger charge is 2.42. The Bertz CT molecular complexity index is 1520. The van der Waals surface area contributed by atoms with Crippen LogP contribution in [0.4, 0.5) is 13.2 Å². The summed E-state index contributed by atoms with van der Waals surface area (Å²) in [4.78, 5) is -0.142. The number of ether oxygens (including phenoxy) is 1. The van der Waals surface area contributed by atoms with E-state index in [0.717, 1.165) is 33.7 Å². The number of aromatic nitrogens is 2. The van der Waals surface area contributed by atoms with Gasteiger partial charge in [0.2, 0.25) is 5.88 Å². The molecule has 4 aromatic rings. The van der Waals surface area contributed by atoms with Gasteiger partial charge in [-0.25, -0.2) is 13.1 Å². The maximum Gasteiger partial charge on any atom is 0.435 e. The molecule has 5 rings (SSSR count). The summed E-state index contributed by atoms with van der Waals surface area (Å²) in [6.45, 7) is -0.106. The summed E-state index contributed by atoms with van der Waals surface area (Å²) in [5.74, 6) is -0.148. The summed E-state index contributed by atoms with van der Waals surface area (Å²) in [7, 11) is -2.54. The lowest BCUT2D eigenvalue weighted by molar-refractivity contribution is -0.141. The SMILES string of the molecule is Cn1nc(C(F)(F)F)c2c1OCC(NC(c1ccccc1)(c1ccccc1)c1ccccc1)C/C(S(C)(=O)=O)=C\2. The number of nitrogens with zero attached hydrogens (tertiary/aromatic N) is 2. The number of benzene rings is 3. The van der Waals surface area contributed by atoms with Gasteiger partial charge in [-0.2, -0.15) is 18.3 Å². The zero-order valence-corrected chi connectivity index (χ0v) is 22.7. The molecule has 3 aromatic carbocycles. The largest absolute Gasteiger partial charge is 0.476 e. The van der Waals surface area contributed by atoms with Crippen LogP contribution in [0.2, 0.25) is 0 Å². The zero-order chi connectivity index (χ0) is 28.5. The minimum absolute atomic E-state index is 0.0985. The van der Waals surface area contributed by atoms with Crippen molar-refractivity contribution in [1.82, 2.24) is 15.1 Å². The van der Waals surface area contributed by atoms with Gasteiger partial charge in [-0.1, -0.05) is 91.0 Å². The molecule has 1 atom stereocenters. The Kier molecular flexibility index (Phi) is 7.32. The van der Waals surface area contributed by atoms with Crippen LogP contribution < -0.4 is 10.1 Å². The molecule has 1 aliphatic heterocycles. The van der Waals surface area contributed by atoms with Crippen molar-refractivity contribution in [1.29, 1.82) is 0 Å². The van der Waals surface area contributed by atoms with Crippen molar-refractivity contribution in [3.63, 3.8) is 0 Å². The molecule has 40 heavy (non-hydrogen) atoms. The summed E-state index contributed by atoms with van der Waals surface area (Å²) in [6, 6.07) is 28.6. The van der Waals surface area contributed by atoms with E-state index in [0.29, 0.717) is 0 Å². The van der Waals surface area contributed by atoms with Crippen LogP contribution in [0.25, 0.3) is 6.08 Å². The molecule has 10 heteroatoms. The first-order valence-corrected chi connectivity index (χ1v) is 14.5. The summed E-state index contributed by atoms with van der Waals surface area (Å²) >= 11 is 0. The lowest BCUT2D eigenvalue weighted by atomic mass is 9.76. The molecular formula is C30H28F3N3O3S. The van der Waals surface area contributed by atoms with Gasteiger partial charge in [0, 0.05) is 30.7 Å². The van der Waals surface area contributed by atoms with Crippen molar-refractivity contribution in [2.45, 2.75) is 24.2 Å².